The van der Waals surface area contributed by atoms with Crippen LogP contribution in [0.5, 0.6) is 0 Å². The van der Waals surface area contributed by atoms with Crippen LogP contribution in [0.15, 0.2) is 78.0 Å². The van der Waals surface area contributed by atoms with Gasteiger partial charge < -0.3 is 4.57 Å². The fourth-order valence-corrected chi connectivity index (χ4v) is 5.84. The van der Waals surface area contributed by atoms with Gasteiger partial charge >= 0.3 is 0 Å². The SMILES string of the molecule is CCCCC(CC)Cn1c2ccc(C(N=O)c3ccccc3C)cc2c2cc([N+](=O)[O-])c3ccccc3c21. The number of nitro groups is 1. The number of unbranched alkanes of at least 4 members (excludes halogenated alkanes) is 1. The largest absolute Gasteiger partial charge is 0.340 e. The second-order valence-corrected chi connectivity index (χ2v) is 10.3. The maximum Gasteiger partial charge on any atom is 0.277 e. The van der Waals surface area contributed by atoms with Gasteiger partial charge in [-0.05, 0) is 54.2 Å². The van der Waals surface area contributed by atoms with Crippen LogP contribution in [-0.2, 0) is 6.54 Å². The molecule has 5 aromatic rings. The van der Waals surface area contributed by atoms with Crippen LogP contribution in [0.3, 0.4) is 0 Å². The molecule has 0 fully saturated rings. The molecule has 0 aliphatic rings. The van der Waals surface area contributed by atoms with E-state index in [2.05, 4.69) is 29.7 Å². The lowest BCUT2D eigenvalue weighted by Crippen LogP contribution is -2.10. The fourth-order valence-electron chi connectivity index (χ4n) is 5.84. The van der Waals surface area contributed by atoms with Gasteiger partial charge in [0.15, 0.2) is 0 Å². The first kappa shape index (κ1) is 25.6. The average Bonchev–Trinajstić information content (AvgIpc) is 3.24. The van der Waals surface area contributed by atoms with E-state index in [1.54, 1.807) is 6.07 Å². The van der Waals surface area contributed by atoms with Gasteiger partial charge in [-0.1, -0.05) is 86.8 Å². The number of aryl methyl sites for hydroxylation is 1. The van der Waals surface area contributed by atoms with E-state index in [4.69, 9.17) is 0 Å². The summed E-state index contributed by atoms with van der Waals surface area (Å²) in [5.41, 5.74) is 4.79. The molecule has 0 radical (unpaired) electrons. The quantitative estimate of drug-likeness (QED) is 0.107. The van der Waals surface area contributed by atoms with Crippen LogP contribution in [0.25, 0.3) is 32.6 Å². The van der Waals surface area contributed by atoms with Crippen LogP contribution < -0.4 is 0 Å². The molecule has 6 nitrogen and oxygen atoms in total. The minimum Gasteiger partial charge on any atom is -0.340 e. The maximum atomic E-state index is 12.1. The van der Waals surface area contributed by atoms with Gasteiger partial charge in [-0.3, -0.25) is 10.1 Å². The number of aromatic nitrogens is 1. The molecule has 6 heteroatoms. The Morgan fingerprint density at radius 1 is 0.921 bits per heavy atom. The van der Waals surface area contributed by atoms with Crippen LogP contribution in [-0.4, -0.2) is 9.49 Å². The van der Waals surface area contributed by atoms with E-state index >= 15 is 0 Å². The lowest BCUT2D eigenvalue weighted by Gasteiger charge is -2.18. The zero-order chi connectivity index (χ0) is 26.8. The lowest BCUT2D eigenvalue weighted by atomic mass is 9.94. The first-order valence-corrected chi connectivity index (χ1v) is 13.5. The highest BCUT2D eigenvalue weighted by atomic mass is 16.6. The first-order valence-electron chi connectivity index (χ1n) is 13.5. The van der Waals surface area contributed by atoms with Crippen molar-refractivity contribution < 1.29 is 4.92 Å². The van der Waals surface area contributed by atoms with Crippen molar-refractivity contribution in [3.63, 3.8) is 0 Å². The highest BCUT2D eigenvalue weighted by molar-refractivity contribution is 6.20. The number of hydrogen-bond acceptors (Lipinski definition) is 4. The van der Waals surface area contributed by atoms with Crippen LogP contribution in [0, 0.1) is 27.9 Å². The van der Waals surface area contributed by atoms with Crippen molar-refractivity contribution in [1.29, 1.82) is 0 Å². The molecular weight excluding hydrogens is 474 g/mol. The molecule has 0 spiro atoms. The van der Waals surface area contributed by atoms with Crippen LogP contribution >= 0.6 is 0 Å². The van der Waals surface area contributed by atoms with Gasteiger partial charge in [0.25, 0.3) is 5.69 Å². The Bertz CT molecular complexity index is 1650. The molecule has 1 aromatic heterocycles. The molecule has 2 atom stereocenters. The highest BCUT2D eigenvalue weighted by Crippen LogP contribution is 2.41. The van der Waals surface area contributed by atoms with Gasteiger partial charge in [-0.15, -0.1) is 4.91 Å². The molecule has 0 bridgehead atoms. The average molecular weight is 508 g/mol. The van der Waals surface area contributed by atoms with Gasteiger partial charge in [0.05, 0.1) is 15.8 Å². The lowest BCUT2D eigenvalue weighted by molar-refractivity contribution is -0.382. The second-order valence-electron chi connectivity index (χ2n) is 10.3. The molecule has 0 aliphatic carbocycles. The molecule has 0 saturated heterocycles. The number of nitrogens with zero attached hydrogens (tertiary/aromatic N) is 3. The van der Waals surface area contributed by atoms with Crippen LogP contribution in [0.4, 0.5) is 5.69 Å². The summed E-state index contributed by atoms with van der Waals surface area (Å²) in [7, 11) is 0. The van der Waals surface area contributed by atoms with Gasteiger partial charge in [0.2, 0.25) is 0 Å². The molecule has 0 saturated carbocycles. The van der Waals surface area contributed by atoms with Crippen molar-refractivity contribution in [1.82, 2.24) is 4.57 Å². The zero-order valence-electron chi connectivity index (χ0n) is 22.2. The van der Waals surface area contributed by atoms with Crippen LogP contribution in [0.1, 0.15) is 62.3 Å². The molecule has 38 heavy (non-hydrogen) atoms. The van der Waals surface area contributed by atoms with Crippen molar-refractivity contribution >= 4 is 38.3 Å². The molecule has 1 heterocycles. The summed E-state index contributed by atoms with van der Waals surface area (Å²) in [6.07, 6.45) is 4.53. The number of nitro benzene ring substituents is 1. The Morgan fingerprint density at radius 2 is 1.66 bits per heavy atom. The van der Waals surface area contributed by atoms with Crippen molar-refractivity contribution in [2.45, 2.75) is 59.0 Å². The summed E-state index contributed by atoms with van der Waals surface area (Å²) in [6, 6.07) is 22.5. The van der Waals surface area contributed by atoms with E-state index < -0.39 is 6.04 Å². The smallest absolute Gasteiger partial charge is 0.277 e. The number of rotatable bonds is 10. The molecule has 5 rings (SSSR count). The van der Waals surface area contributed by atoms with E-state index in [0.717, 1.165) is 69.7 Å². The van der Waals surface area contributed by atoms with E-state index in [1.165, 1.54) is 6.42 Å². The van der Waals surface area contributed by atoms with Crippen molar-refractivity contribution in [3.05, 3.63) is 105 Å². The predicted octanol–water partition coefficient (Wildman–Crippen LogP) is 9.24. The molecule has 0 N–H and O–H groups in total. The molecular formula is C32H33N3O3. The molecule has 0 amide bonds. The molecule has 194 valence electrons. The minimum atomic E-state index is -0.651. The maximum absolute atomic E-state index is 12.1. The monoisotopic (exact) mass is 507 g/mol. The number of nitroso groups, excluding NO2 is 1. The topological polar surface area (TPSA) is 77.5 Å². The minimum absolute atomic E-state index is 0.0968. The summed E-state index contributed by atoms with van der Waals surface area (Å²) < 4.78 is 2.35. The van der Waals surface area contributed by atoms with E-state index in [1.807, 2.05) is 67.6 Å². The molecule has 4 aromatic carbocycles. The van der Waals surface area contributed by atoms with Gasteiger partial charge in [-0.2, -0.15) is 0 Å². The third-order valence-electron chi connectivity index (χ3n) is 7.95. The number of hydrogen-bond donors (Lipinski definition) is 0. The van der Waals surface area contributed by atoms with Crippen molar-refractivity contribution in [2.24, 2.45) is 11.1 Å². The van der Waals surface area contributed by atoms with Gasteiger partial charge in [-0.25, -0.2) is 0 Å². The zero-order valence-corrected chi connectivity index (χ0v) is 22.2. The third-order valence-corrected chi connectivity index (χ3v) is 7.95. The number of fused-ring (bicyclic) bond motifs is 5. The Hall–Kier alpha value is -4.06. The number of non-ortho nitro benzene ring substituents is 1. The van der Waals surface area contributed by atoms with Crippen LogP contribution in [0.2, 0.25) is 0 Å². The fraction of sp³-hybridized carbons (Fsp3) is 0.312. The van der Waals surface area contributed by atoms with Crippen molar-refractivity contribution in [2.75, 3.05) is 0 Å². The predicted molar refractivity (Wildman–Crippen MR) is 156 cm³/mol. The van der Waals surface area contributed by atoms with Gasteiger partial charge in [0.1, 0.15) is 6.04 Å². The molecule has 0 aliphatic heterocycles. The summed E-state index contributed by atoms with van der Waals surface area (Å²) in [5.74, 6) is 0.499. The van der Waals surface area contributed by atoms with E-state index in [0.29, 0.717) is 11.3 Å². The number of benzene rings is 4. The van der Waals surface area contributed by atoms with Gasteiger partial charge in [0, 0.05) is 34.3 Å². The Balaban J connectivity index is 1.81. The first-order chi connectivity index (χ1) is 18.5. The standard InChI is InChI=1S/C32H33N3O3/c1-4-6-12-22(5-2)20-34-29-17-16-23(31(33-36)24-13-8-7-11-21(24)3)18-27(29)28-19-30(35(37)38)25-14-9-10-15-26(25)32(28)34/h7-11,13-19,22,31H,4-6,12,20H2,1-3H3. The Morgan fingerprint density at radius 3 is 2.34 bits per heavy atom. The summed E-state index contributed by atoms with van der Waals surface area (Å²) in [5, 5.41) is 18.9. The normalized spacial score (nSPS) is 13.2. The highest BCUT2D eigenvalue weighted by Gasteiger charge is 2.24. The molecule has 2 unspecified atom stereocenters. The Labute approximate surface area is 222 Å². The second kappa shape index (κ2) is 10.7. The summed E-state index contributed by atoms with van der Waals surface area (Å²) in [6.45, 7) is 7.27. The Kier molecular flexibility index (Phi) is 7.23. The summed E-state index contributed by atoms with van der Waals surface area (Å²) >= 11 is 0. The summed E-state index contributed by atoms with van der Waals surface area (Å²) in [4.78, 5) is 24.0. The van der Waals surface area contributed by atoms with Crippen molar-refractivity contribution in [3.8, 4) is 0 Å². The van der Waals surface area contributed by atoms with E-state index in [9.17, 15) is 15.0 Å². The van der Waals surface area contributed by atoms with E-state index in [-0.39, 0.29) is 10.6 Å². The third kappa shape index (κ3) is 4.44.